The SMILES string of the molecule is CCOc1ccc(NC(=NC)NCCc2coc(-c3ccc(C)cc3)n2)cc1OC. The van der Waals surface area contributed by atoms with Gasteiger partial charge in [0.15, 0.2) is 17.5 Å². The van der Waals surface area contributed by atoms with E-state index in [4.69, 9.17) is 13.9 Å². The lowest BCUT2D eigenvalue weighted by atomic mass is 10.1. The summed E-state index contributed by atoms with van der Waals surface area (Å²) in [6.45, 7) is 5.24. The number of methoxy groups -OCH3 is 1. The third kappa shape index (κ3) is 5.53. The number of aromatic nitrogens is 1. The largest absolute Gasteiger partial charge is 0.493 e. The van der Waals surface area contributed by atoms with Crippen molar-refractivity contribution in [3.05, 3.63) is 60.0 Å². The van der Waals surface area contributed by atoms with Crippen molar-refractivity contribution in [1.29, 1.82) is 0 Å². The standard InChI is InChI=1S/C23H28N4O3/c1-5-29-20-11-10-18(14-21(20)28-4)27-23(24-3)25-13-12-19-15-30-22(26-19)17-8-6-16(2)7-9-17/h6-11,14-15H,5,12-13H2,1-4H3,(H2,24,25,27). The number of guanidine groups is 1. The second kappa shape index (κ2) is 10.3. The van der Waals surface area contributed by atoms with Crippen molar-refractivity contribution in [2.45, 2.75) is 20.3 Å². The number of oxazole rings is 1. The van der Waals surface area contributed by atoms with Crippen LogP contribution in [0.25, 0.3) is 11.5 Å². The third-order valence-electron chi connectivity index (χ3n) is 4.47. The minimum Gasteiger partial charge on any atom is -0.493 e. The summed E-state index contributed by atoms with van der Waals surface area (Å²) in [6.07, 6.45) is 2.41. The van der Waals surface area contributed by atoms with Gasteiger partial charge in [-0.05, 0) is 38.1 Å². The predicted molar refractivity (Wildman–Crippen MR) is 120 cm³/mol. The van der Waals surface area contributed by atoms with E-state index in [9.17, 15) is 0 Å². The molecule has 3 rings (SSSR count). The molecule has 0 amide bonds. The second-order valence-corrected chi connectivity index (χ2v) is 6.68. The highest BCUT2D eigenvalue weighted by Crippen LogP contribution is 2.30. The first-order chi connectivity index (χ1) is 14.6. The Kier molecular flexibility index (Phi) is 7.32. The molecular formula is C23H28N4O3. The zero-order valence-electron chi connectivity index (χ0n) is 17.9. The summed E-state index contributed by atoms with van der Waals surface area (Å²) in [7, 11) is 3.35. The van der Waals surface area contributed by atoms with Crippen LogP contribution in [0, 0.1) is 6.92 Å². The van der Waals surface area contributed by atoms with Crippen LogP contribution in [0.15, 0.2) is 58.1 Å². The molecule has 0 saturated heterocycles. The number of aryl methyl sites for hydroxylation is 1. The molecule has 0 fully saturated rings. The Morgan fingerprint density at radius 3 is 2.63 bits per heavy atom. The summed E-state index contributed by atoms with van der Waals surface area (Å²) in [6, 6.07) is 13.8. The fourth-order valence-electron chi connectivity index (χ4n) is 2.90. The third-order valence-corrected chi connectivity index (χ3v) is 4.47. The molecule has 7 heteroatoms. The minimum absolute atomic E-state index is 0.583. The zero-order valence-corrected chi connectivity index (χ0v) is 17.9. The molecule has 2 N–H and O–H groups in total. The summed E-state index contributed by atoms with van der Waals surface area (Å²) in [4.78, 5) is 8.84. The van der Waals surface area contributed by atoms with Gasteiger partial charge in [0.05, 0.1) is 19.4 Å². The zero-order chi connectivity index (χ0) is 21.3. The number of benzene rings is 2. The summed E-state index contributed by atoms with van der Waals surface area (Å²) >= 11 is 0. The highest BCUT2D eigenvalue weighted by atomic mass is 16.5. The Hall–Kier alpha value is -3.48. The molecule has 3 aromatic rings. The van der Waals surface area contributed by atoms with Crippen molar-refractivity contribution in [2.75, 3.05) is 32.6 Å². The minimum atomic E-state index is 0.583. The van der Waals surface area contributed by atoms with Gasteiger partial charge >= 0.3 is 0 Å². The van der Waals surface area contributed by atoms with Crippen molar-refractivity contribution < 1.29 is 13.9 Å². The van der Waals surface area contributed by atoms with Crippen LogP contribution in [0.3, 0.4) is 0 Å². The van der Waals surface area contributed by atoms with Gasteiger partial charge in [-0.15, -0.1) is 0 Å². The summed E-state index contributed by atoms with van der Waals surface area (Å²) < 4.78 is 16.6. The van der Waals surface area contributed by atoms with E-state index < -0.39 is 0 Å². The molecule has 1 heterocycles. The van der Waals surface area contributed by atoms with E-state index >= 15 is 0 Å². The molecule has 30 heavy (non-hydrogen) atoms. The van der Waals surface area contributed by atoms with Crippen molar-refractivity contribution in [3.8, 4) is 23.0 Å². The maximum Gasteiger partial charge on any atom is 0.226 e. The maximum absolute atomic E-state index is 5.62. The highest BCUT2D eigenvalue weighted by molar-refractivity contribution is 5.93. The lowest BCUT2D eigenvalue weighted by Crippen LogP contribution is -2.32. The Labute approximate surface area is 177 Å². The molecule has 0 unspecified atom stereocenters. The first-order valence-electron chi connectivity index (χ1n) is 9.93. The van der Waals surface area contributed by atoms with Gasteiger partial charge in [0.25, 0.3) is 0 Å². The normalized spacial score (nSPS) is 11.3. The van der Waals surface area contributed by atoms with Gasteiger partial charge in [-0.1, -0.05) is 17.7 Å². The molecule has 0 radical (unpaired) electrons. The van der Waals surface area contributed by atoms with Gasteiger partial charge in [-0.2, -0.15) is 0 Å². The van der Waals surface area contributed by atoms with Crippen molar-refractivity contribution in [2.24, 2.45) is 4.99 Å². The average Bonchev–Trinajstić information content (AvgIpc) is 3.23. The number of rotatable bonds is 8. The maximum atomic E-state index is 5.62. The molecule has 2 aromatic carbocycles. The van der Waals surface area contributed by atoms with Gasteiger partial charge < -0.3 is 24.5 Å². The van der Waals surface area contributed by atoms with E-state index in [1.165, 1.54) is 5.56 Å². The van der Waals surface area contributed by atoms with Crippen LogP contribution < -0.4 is 20.1 Å². The number of hydrogen-bond donors (Lipinski definition) is 2. The molecule has 0 bridgehead atoms. The molecule has 0 atom stereocenters. The number of aliphatic imine (C=N–C) groups is 1. The number of ether oxygens (including phenoxy) is 2. The fraction of sp³-hybridized carbons (Fsp3) is 0.304. The average molecular weight is 409 g/mol. The quantitative estimate of drug-likeness (QED) is 0.428. The second-order valence-electron chi connectivity index (χ2n) is 6.68. The van der Waals surface area contributed by atoms with E-state index in [-0.39, 0.29) is 0 Å². The van der Waals surface area contributed by atoms with Gasteiger partial charge in [-0.25, -0.2) is 4.98 Å². The molecule has 7 nitrogen and oxygen atoms in total. The van der Waals surface area contributed by atoms with Crippen LogP contribution in [-0.4, -0.2) is 38.3 Å². The molecule has 158 valence electrons. The Morgan fingerprint density at radius 2 is 1.93 bits per heavy atom. The summed E-state index contributed by atoms with van der Waals surface area (Å²) in [5.41, 5.74) is 3.92. The first-order valence-corrected chi connectivity index (χ1v) is 9.93. The van der Waals surface area contributed by atoms with Gasteiger partial charge in [0, 0.05) is 37.3 Å². The number of hydrogen-bond acceptors (Lipinski definition) is 5. The van der Waals surface area contributed by atoms with Crippen molar-refractivity contribution >= 4 is 11.6 Å². The van der Waals surface area contributed by atoms with E-state index in [0.29, 0.717) is 42.9 Å². The van der Waals surface area contributed by atoms with E-state index in [2.05, 4.69) is 27.5 Å². The summed E-state index contributed by atoms with van der Waals surface area (Å²) in [5.74, 6) is 2.67. The van der Waals surface area contributed by atoms with Gasteiger partial charge in [0.2, 0.25) is 5.89 Å². The van der Waals surface area contributed by atoms with Gasteiger partial charge in [0.1, 0.15) is 6.26 Å². The number of anilines is 1. The van der Waals surface area contributed by atoms with Crippen molar-refractivity contribution in [1.82, 2.24) is 10.3 Å². The molecule has 0 aliphatic rings. The molecule has 0 aliphatic carbocycles. The molecule has 0 saturated carbocycles. The van der Waals surface area contributed by atoms with Crippen LogP contribution in [0.1, 0.15) is 18.2 Å². The molecule has 0 spiro atoms. The van der Waals surface area contributed by atoms with E-state index in [1.807, 2.05) is 49.4 Å². The van der Waals surface area contributed by atoms with Crippen molar-refractivity contribution in [3.63, 3.8) is 0 Å². The van der Waals surface area contributed by atoms with Gasteiger partial charge in [-0.3, -0.25) is 4.99 Å². The monoisotopic (exact) mass is 408 g/mol. The fourth-order valence-corrected chi connectivity index (χ4v) is 2.90. The van der Waals surface area contributed by atoms with E-state index in [1.54, 1.807) is 20.4 Å². The van der Waals surface area contributed by atoms with Crippen LogP contribution in [0.4, 0.5) is 5.69 Å². The van der Waals surface area contributed by atoms with Crippen LogP contribution in [-0.2, 0) is 6.42 Å². The Morgan fingerprint density at radius 1 is 1.13 bits per heavy atom. The lowest BCUT2D eigenvalue weighted by molar-refractivity contribution is 0.311. The van der Waals surface area contributed by atoms with E-state index in [0.717, 1.165) is 16.9 Å². The Balaban J connectivity index is 1.54. The molecule has 1 aromatic heterocycles. The topological polar surface area (TPSA) is 80.9 Å². The lowest BCUT2D eigenvalue weighted by Gasteiger charge is -2.14. The highest BCUT2D eigenvalue weighted by Gasteiger charge is 2.09. The Bertz CT molecular complexity index is 980. The predicted octanol–water partition coefficient (Wildman–Crippen LogP) is 4.29. The van der Waals surface area contributed by atoms with Crippen LogP contribution in [0.5, 0.6) is 11.5 Å². The molecule has 0 aliphatic heterocycles. The van der Waals surface area contributed by atoms with Crippen LogP contribution >= 0.6 is 0 Å². The summed E-state index contributed by atoms with van der Waals surface area (Å²) in [5, 5.41) is 6.54. The van der Waals surface area contributed by atoms with Crippen LogP contribution in [0.2, 0.25) is 0 Å². The smallest absolute Gasteiger partial charge is 0.226 e. The number of nitrogens with zero attached hydrogens (tertiary/aromatic N) is 2. The molecular weight excluding hydrogens is 380 g/mol. The first kappa shape index (κ1) is 21.2. The number of nitrogens with one attached hydrogen (secondary N) is 2.